The number of rotatable bonds is 9. The van der Waals surface area contributed by atoms with Gasteiger partial charge in [0, 0.05) is 19.1 Å². The van der Waals surface area contributed by atoms with Gasteiger partial charge in [-0.25, -0.2) is 0 Å². The number of hydrogen-bond acceptors (Lipinski definition) is 6. The first-order valence-electron chi connectivity index (χ1n) is 12.7. The van der Waals surface area contributed by atoms with E-state index in [0.29, 0.717) is 35.2 Å². The van der Waals surface area contributed by atoms with Crippen molar-refractivity contribution in [3.63, 3.8) is 0 Å². The number of thioether (sulfide) groups is 1. The number of ether oxygens (including phenoxy) is 2. The third-order valence-corrected chi connectivity index (χ3v) is 8.15. The molecule has 0 unspecified atom stereocenters. The van der Waals surface area contributed by atoms with Gasteiger partial charge in [-0.1, -0.05) is 56.4 Å². The summed E-state index contributed by atoms with van der Waals surface area (Å²) >= 11 is 1.48. The molecular weight excluding hydrogens is 448 g/mol. The average molecular weight is 487 g/mol. The lowest BCUT2D eigenvalue weighted by Crippen LogP contribution is -2.49. The Balaban J connectivity index is 1.37. The molecular formula is C26H38N4O3S. The molecule has 0 aliphatic heterocycles. The van der Waals surface area contributed by atoms with Crippen LogP contribution in [0.3, 0.4) is 0 Å². The van der Waals surface area contributed by atoms with Crippen LogP contribution >= 0.6 is 11.8 Å². The molecule has 1 amide bonds. The van der Waals surface area contributed by atoms with Crippen molar-refractivity contribution in [2.24, 2.45) is 7.05 Å². The molecule has 0 N–H and O–H groups in total. The maximum atomic E-state index is 13.5. The molecule has 0 spiro atoms. The number of benzene rings is 1. The summed E-state index contributed by atoms with van der Waals surface area (Å²) in [7, 11) is 3.57. The number of carbonyl (C=O) groups is 1. The van der Waals surface area contributed by atoms with Crippen molar-refractivity contribution < 1.29 is 14.3 Å². The Bertz CT molecular complexity index is 934. The van der Waals surface area contributed by atoms with Gasteiger partial charge >= 0.3 is 0 Å². The second-order valence-corrected chi connectivity index (χ2v) is 10.5. The van der Waals surface area contributed by atoms with E-state index in [2.05, 4.69) is 15.1 Å². The Morgan fingerprint density at radius 3 is 2.29 bits per heavy atom. The van der Waals surface area contributed by atoms with E-state index in [-0.39, 0.29) is 12.5 Å². The Labute approximate surface area is 207 Å². The molecule has 1 aromatic carbocycles. The fourth-order valence-electron chi connectivity index (χ4n) is 5.26. The van der Waals surface area contributed by atoms with E-state index in [9.17, 15) is 4.79 Å². The van der Waals surface area contributed by atoms with Crippen LogP contribution in [0.4, 0.5) is 0 Å². The van der Waals surface area contributed by atoms with Gasteiger partial charge in [-0.2, -0.15) is 0 Å². The van der Waals surface area contributed by atoms with E-state index in [0.717, 1.165) is 36.4 Å². The molecule has 2 aromatic rings. The van der Waals surface area contributed by atoms with Gasteiger partial charge in [-0.3, -0.25) is 4.79 Å². The summed E-state index contributed by atoms with van der Waals surface area (Å²) in [5, 5.41) is 9.39. The quantitative estimate of drug-likeness (QED) is 0.448. The molecule has 7 nitrogen and oxygen atoms in total. The maximum absolute atomic E-state index is 13.5. The number of carbonyl (C=O) groups excluding carboxylic acids is 1. The van der Waals surface area contributed by atoms with Gasteiger partial charge in [-0.15, -0.1) is 10.2 Å². The number of amides is 1. The van der Waals surface area contributed by atoms with E-state index < -0.39 is 0 Å². The minimum Gasteiger partial charge on any atom is -0.493 e. The van der Waals surface area contributed by atoms with E-state index in [4.69, 9.17) is 9.47 Å². The first-order valence-corrected chi connectivity index (χ1v) is 13.6. The lowest BCUT2D eigenvalue weighted by atomic mass is 9.88. The standard InChI is InChI=1S/C26H38N4O3S/c1-19-14-15-22(23(16-19)32-3)33-17-24-27-28-26(29(24)2)34-18-25(31)30(20-10-6-4-7-11-20)21-12-8-5-9-13-21/h14-16,20-21H,4-13,17-18H2,1-3H3. The van der Waals surface area contributed by atoms with Crippen LogP contribution in [0.5, 0.6) is 11.5 Å². The molecule has 2 saturated carbocycles. The van der Waals surface area contributed by atoms with Crippen molar-refractivity contribution >= 4 is 17.7 Å². The van der Waals surface area contributed by atoms with Crippen LogP contribution in [0.2, 0.25) is 0 Å². The minimum atomic E-state index is 0.258. The van der Waals surface area contributed by atoms with Crippen molar-refractivity contribution in [1.29, 1.82) is 0 Å². The molecule has 0 radical (unpaired) electrons. The van der Waals surface area contributed by atoms with Crippen LogP contribution < -0.4 is 9.47 Å². The maximum Gasteiger partial charge on any atom is 0.233 e. The third kappa shape index (κ3) is 6.06. The SMILES string of the molecule is COc1cc(C)ccc1OCc1nnc(SCC(=O)N(C2CCCCC2)C2CCCCC2)n1C. The third-order valence-electron chi connectivity index (χ3n) is 7.15. The molecule has 2 fully saturated rings. The van der Waals surface area contributed by atoms with Crippen LogP contribution in [0.15, 0.2) is 23.4 Å². The van der Waals surface area contributed by atoms with E-state index in [1.54, 1.807) is 7.11 Å². The smallest absolute Gasteiger partial charge is 0.233 e. The van der Waals surface area contributed by atoms with Crippen molar-refractivity contribution in [2.75, 3.05) is 12.9 Å². The molecule has 186 valence electrons. The van der Waals surface area contributed by atoms with Crippen LogP contribution in [0, 0.1) is 6.92 Å². The summed E-state index contributed by atoms with van der Waals surface area (Å²) in [6.07, 6.45) is 12.2. The van der Waals surface area contributed by atoms with Crippen LogP contribution in [0.25, 0.3) is 0 Å². The number of nitrogens with zero attached hydrogens (tertiary/aromatic N) is 4. The van der Waals surface area contributed by atoms with E-state index in [1.807, 2.05) is 36.7 Å². The summed E-state index contributed by atoms with van der Waals surface area (Å²) in [6.45, 7) is 2.30. The lowest BCUT2D eigenvalue weighted by Gasteiger charge is -2.41. The van der Waals surface area contributed by atoms with Crippen LogP contribution in [0.1, 0.15) is 75.6 Å². The number of aromatic nitrogens is 3. The summed E-state index contributed by atoms with van der Waals surface area (Å²) in [6, 6.07) is 6.68. The molecule has 2 aliphatic rings. The number of aryl methyl sites for hydroxylation is 1. The monoisotopic (exact) mass is 486 g/mol. The Morgan fingerprint density at radius 1 is 1.03 bits per heavy atom. The van der Waals surface area contributed by atoms with Crippen LogP contribution in [-0.2, 0) is 18.4 Å². The van der Waals surface area contributed by atoms with E-state index >= 15 is 0 Å². The predicted octanol–water partition coefficient (Wildman–Crippen LogP) is 5.30. The number of hydrogen-bond donors (Lipinski definition) is 0. The highest BCUT2D eigenvalue weighted by atomic mass is 32.2. The summed E-state index contributed by atoms with van der Waals surface area (Å²) in [5.74, 6) is 2.76. The second kappa shape index (κ2) is 12.0. The summed E-state index contributed by atoms with van der Waals surface area (Å²) in [4.78, 5) is 15.7. The van der Waals surface area contributed by atoms with Gasteiger partial charge in [0.15, 0.2) is 22.5 Å². The normalized spacial score (nSPS) is 17.5. The largest absolute Gasteiger partial charge is 0.493 e. The van der Waals surface area contributed by atoms with Crippen molar-refractivity contribution in [3.05, 3.63) is 29.6 Å². The van der Waals surface area contributed by atoms with Gasteiger partial charge in [0.2, 0.25) is 5.91 Å². The highest BCUT2D eigenvalue weighted by molar-refractivity contribution is 7.99. The number of methoxy groups -OCH3 is 1. The molecule has 2 aliphatic carbocycles. The first-order chi connectivity index (χ1) is 16.6. The molecule has 8 heteroatoms. The zero-order valence-electron chi connectivity index (χ0n) is 20.8. The lowest BCUT2D eigenvalue weighted by molar-refractivity contribution is -0.135. The fourth-order valence-corrected chi connectivity index (χ4v) is 6.06. The Morgan fingerprint density at radius 2 is 1.68 bits per heavy atom. The molecule has 1 heterocycles. The van der Waals surface area contributed by atoms with Gasteiger partial charge in [0.25, 0.3) is 0 Å². The molecule has 34 heavy (non-hydrogen) atoms. The van der Waals surface area contributed by atoms with Crippen molar-refractivity contribution in [1.82, 2.24) is 19.7 Å². The zero-order chi connectivity index (χ0) is 23.9. The zero-order valence-corrected chi connectivity index (χ0v) is 21.6. The highest BCUT2D eigenvalue weighted by Crippen LogP contribution is 2.32. The van der Waals surface area contributed by atoms with Crippen molar-refractivity contribution in [3.8, 4) is 11.5 Å². The Hall–Kier alpha value is -2.22. The first kappa shape index (κ1) is 24.9. The second-order valence-electron chi connectivity index (χ2n) is 9.57. The summed E-state index contributed by atoms with van der Waals surface area (Å²) in [5.41, 5.74) is 1.11. The highest BCUT2D eigenvalue weighted by Gasteiger charge is 2.32. The Kier molecular flexibility index (Phi) is 8.75. The molecule has 0 atom stereocenters. The van der Waals surface area contributed by atoms with E-state index in [1.165, 1.54) is 50.3 Å². The average Bonchev–Trinajstić information content (AvgIpc) is 3.22. The van der Waals surface area contributed by atoms with Gasteiger partial charge < -0.3 is 18.9 Å². The van der Waals surface area contributed by atoms with Crippen molar-refractivity contribution in [2.45, 2.75) is 95.0 Å². The van der Waals surface area contributed by atoms with Gasteiger partial charge in [0.1, 0.15) is 6.61 Å². The predicted molar refractivity (Wildman–Crippen MR) is 134 cm³/mol. The summed E-state index contributed by atoms with van der Waals surface area (Å²) < 4.78 is 13.3. The molecule has 1 aromatic heterocycles. The topological polar surface area (TPSA) is 69.5 Å². The molecule has 0 saturated heterocycles. The van der Waals surface area contributed by atoms with Gasteiger partial charge in [-0.05, 0) is 50.3 Å². The minimum absolute atomic E-state index is 0.258. The fraction of sp³-hybridized carbons (Fsp3) is 0.654. The van der Waals surface area contributed by atoms with Crippen LogP contribution in [-0.4, -0.2) is 50.5 Å². The van der Waals surface area contributed by atoms with Gasteiger partial charge in [0.05, 0.1) is 12.9 Å². The molecule has 4 rings (SSSR count). The molecule has 0 bridgehead atoms.